The Morgan fingerprint density at radius 1 is 1.39 bits per heavy atom. The Morgan fingerprint density at radius 3 is 2.72 bits per heavy atom. The van der Waals surface area contributed by atoms with Crippen LogP contribution in [0.2, 0.25) is 0 Å². The molecule has 0 aliphatic rings. The molecule has 1 rings (SSSR count). The molecule has 0 spiro atoms. The van der Waals surface area contributed by atoms with Gasteiger partial charge in [0.2, 0.25) is 0 Å². The Bertz CT molecular complexity index is 363. The fourth-order valence-corrected chi connectivity index (χ4v) is 1.80. The summed E-state index contributed by atoms with van der Waals surface area (Å²) in [5, 5.41) is 13.0. The van der Waals surface area contributed by atoms with E-state index in [0.29, 0.717) is 13.2 Å². The molecule has 1 aromatic carbocycles. The van der Waals surface area contributed by atoms with E-state index < -0.39 is 6.10 Å². The van der Waals surface area contributed by atoms with Crippen LogP contribution in [0.25, 0.3) is 0 Å². The highest BCUT2D eigenvalue weighted by atomic mass is 79.9. The lowest BCUT2D eigenvalue weighted by Gasteiger charge is -2.20. The summed E-state index contributed by atoms with van der Waals surface area (Å²) in [6.07, 6.45) is -0.494. The van der Waals surface area contributed by atoms with Crippen LogP contribution in [-0.2, 0) is 0 Å². The van der Waals surface area contributed by atoms with Gasteiger partial charge in [0.15, 0.2) is 0 Å². The van der Waals surface area contributed by atoms with Gasteiger partial charge in [-0.25, -0.2) is 0 Å². The van der Waals surface area contributed by atoms with E-state index in [2.05, 4.69) is 42.0 Å². The average Bonchev–Trinajstić information content (AvgIpc) is 2.25. The Labute approximate surface area is 118 Å². The third-order valence-electron chi connectivity index (χ3n) is 2.27. The van der Waals surface area contributed by atoms with Crippen LogP contribution in [0, 0.1) is 5.41 Å². The molecule has 0 radical (unpaired) electrons. The average molecular weight is 316 g/mol. The number of nitrogens with one attached hydrogen (secondary N) is 1. The SMILES string of the molecule is CC(C)(C)CNCC(O)COc1cccc(Br)c1. The summed E-state index contributed by atoms with van der Waals surface area (Å²) in [5.41, 5.74) is 0.227. The van der Waals surface area contributed by atoms with Crippen LogP contribution in [0.4, 0.5) is 0 Å². The van der Waals surface area contributed by atoms with Crippen LogP contribution in [0.1, 0.15) is 20.8 Å². The Kier molecular flexibility index (Phi) is 6.12. The highest BCUT2D eigenvalue weighted by Gasteiger charge is 2.11. The molecule has 0 saturated heterocycles. The standard InChI is InChI=1S/C14H22BrNO2/c1-14(2,3)10-16-8-12(17)9-18-13-6-4-5-11(15)7-13/h4-7,12,16-17H,8-10H2,1-3H3. The van der Waals surface area contributed by atoms with E-state index in [-0.39, 0.29) is 5.41 Å². The maximum absolute atomic E-state index is 9.78. The summed E-state index contributed by atoms with van der Waals surface area (Å²) in [6, 6.07) is 7.60. The molecule has 4 heteroatoms. The van der Waals surface area contributed by atoms with Crippen molar-refractivity contribution in [1.29, 1.82) is 0 Å². The minimum absolute atomic E-state index is 0.227. The Balaban J connectivity index is 2.23. The second kappa shape index (κ2) is 7.12. The van der Waals surface area contributed by atoms with Crippen LogP contribution in [0.3, 0.4) is 0 Å². The van der Waals surface area contributed by atoms with E-state index in [1.165, 1.54) is 0 Å². The van der Waals surface area contributed by atoms with Gasteiger partial charge in [0.05, 0.1) is 0 Å². The molecule has 18 heavy (non-hydrogen) atoms. The molecule has 0 fully saturated rings. The van der Waals surface area contributed by atoms with Gasteiger partial charge < -0.3 is 15.2 Å². The molecule has 1 unspecified atom stereocenters. The number of aliphatic hydroxyl groups is 1. The minimum Gasteiger partial charge on any atom is -0.491 e. The van der Waals surface area contributed by atoms with E-state index >= 15 is 0 Å². The van der Waals surface area contributed by atoms with E-state index in [9.17, 15) is 5.11 Å². The molecule has 1 aromatic rings. The molecule has 0 amide bonds. The van der Waals surface area contributed by atoms with Crippen molar-refractivity contribution in [2.24, 2.45) is 5.41 Å². The van der Waals surface area contributed by atoms with Crippen LogP contribution in [0.15, 0.2) is 28.7 Å². The largest absolute Gasteiger partial charge is 0.491 e. The fraction of sp³-hybridized carbons (Fsp3) is 0.571. The van der Waals surface area contributed by atoms with E-state index in [1.54, 1.807) is 0 Å². The smallest absolute Gasteiger partial charge is 0.120 e. The van der Waals surface area contributed by atoms with E-state index in [0.717, 1.165) is 16.8 Å². The van der Waals surface area contributed by atoms with Crippen molar-refractivity contribution in [2.75, 3.05) is 19.7 Å². The van der Waals surface area contributed by atoms with E-state index in [4.69, 9.17) is 4.74 Å². The van der Waals surface area contributed by atoms with Gasteiger partial charge in [-0.2, -0.15) is 0 Å². The van der Waals surface area contributed by atoms with Gasteiger partial charge in [0, 0.05) is 17.6 Å². The molecule has 0 saturated carbocycles. The van der Waals surface area contributed by atoms with Gasteiger partial charge in [0.1, 0.15) is 18.5 Å². The molecule has 1 atom stereocenters. The predicted octanol–water partition coefficient (Wildman–Crippen LogP) is 2.82. The van der Waals surface area contributed by atoms with Gasteiger partial charge in [-0.3, -0.25) is 0 Å². The third kappa shape index (κ3) is 6.99. The topological polar surface area (TPSA) is 41.5 Å². The first kappa shape index (κ1) is 15.5. The molecule has 0 aliphatic carbocycles. The van der Waals surface area contributed by atoms with Crippen LogP contribution < -0.4 is 10.1 Å². The zero-order chi connectivity index (χ0) is 13.6. The quantitative estimate of drug-likeness (QED) is 0.848. The van der Waals surface area contributed by atoms with Gasteiger partial charge in [-0.1, -0.05) is 42.8 Å². The van der Waals surface area contributed by atoms with Gasteiger partial charge in [-0.05, 0) is 23.6 Å². The summed E-state index contributed by atoms with van der Waals surface area (Å²) in [4.78, 5) is 0. The number of ether oxygens (including phenoxy) is 1. The number of halogens is 1. The number of aliphatic hydroxyl groups excluding tert-OH is 1. The van der Waals surface area contributed by atoms with Crippen molar-refractivity contribution >= 4 is 15.9 Å². The first-order valence-electron chi connectivity index (χ1n) is 6.14. The van der Waals surface area contributed by atoms with E-state index in [1.807, 2.05) is 24.3 Å². The molecule has 0 aliphatic heterocycles. The van der Waals surface area contributed by atoms with Crippen LogP contribution >= 0.6 is 15.9 Å². The van der Waals surface area contributed by atoms with Crippen molar-refractivity contribution in [3.05, 3.63) is 28.7 Å². The first-order valence-corrected chi connectivity index (χ1v) is 6.93. The van der Waals surface area contributed by atoms with Crippen molar-refractivity contribution in [2.45, 2.75) is 26.9 Å². The summed E-state index contributed by atoms with van der Waals surface area (Å²) in [6.45, 7) is 8.19. The molecule has 2 N–H and O–H groups in total. The second-order valence-electron chi connectivity index (χ2n) is 5.61. The van der Waals surface area contributed by atoms with Crippen molar-refractivity contribution in [3.63, 3.8) is 0 Å². The molecule has 0 bridgehead atoms. The highest BCUT2D eigenvalue weighted by molar-refractivity contribution is 9.10. The zero-order valence-electron chi connectivity index (χ0n) is 11.2. The van der Waals surface area contributed by atoms with Gasteiger partial charge in [0.25, 0.3) is 0 Å². The lowest BCUT2D eigenvalue weighted by atomic mass is 9.97. The highest BCUT2D eigenvalue weighted by Crippen LogP contribution is 2.17. The molecule has 0 heterocycles. The summed E-state index contributed by atoms with van der Waals surface area (Å²) >= 11 is 3.38. The molecule has 0 aromatic heterocycles. The first-order chi connectivity index (χ1) is 8.37. The number of hydrogen-bond acceptors (Lipinski definition) is 3. The fourth-order valence-electron chi connectivity index (χ4n) is 1.42. The normalized spacial score (nSPS) is 13.4. The lowest BCUT2D eigenvalue weighted by Crippen LogP contribution is -2.36. The summed E-state index contributed by atoms with van der Waals surface area (Å²) in [5.74, 6) is 0.763. The summed E-state index contributed by atoms with van der Waals surface area (Å²) < 4.78 is 6.48. The maximum Gasteiger partial charge on any atom is 0.120 e. The predicted molar refractivity (Wildman–Crippen MR) is 78.0 cm³/mol. The summed E-state index contributed by atoms with van der Waals surface area (Å²) in [7, 11) is 0. The third-order valence-corrected chi connectivity index (χ3v) is 2.77. The number of rotatable bonds is 6. The zero-order valence-corrected chi connectivity index (χ0v) is 12.8. The number of hydrogen-bond donors (Lipinski definition) is 2. The monoisotopic (exact) mass is 315 g/mol. The van der Waals surface area contributed by atoms with Crippen molar-refractivity contribution in [3.8, 4) is 5.75 Å². The number of benzene rings is 1. The molecular formula is C14H22BrNO2. The lowest BCUT2D eigenvalue weighted by molar-refractivity contribution is 0.104. The van der Waals surface area contributed by atoms with Gasteiger partial charge in [-0.15, -0.1) is 0 Å². The van der Waals surface area contributed by atoms with Gasteiger partial charge >= 0.3 is 0 Å². The molecule has 3 nitrogen and oxygen atoms in total. The Morgan fingerprint density at radius 2 is 2.11 bits per heavy atom. The van der Waals surface area contributed by atoms with Crippen molar-refractivity contribution < 1.29 is 9.84 Å². The Hall–Kier alpha value is -0.580. The molecular weight excluding hydrogens is 294 g/mol. The second-order valence-corrected chi connectivity index (χ2v) is 6.53. The molecule has 102 valence electrons. The maximum atomic E-state index is 9.78. The minimum atomic E-state index is -0.494. The van der Waals surface area contributed by atoms with Crippen LogP contribution in [0.5, 0.6) is 5.75 Å². The van der Waals surface area contributed by atoms with Crippen LogP contribution in [-0.4, -0.2) is 30.9 Å². The van der Waals surface area contributed by atoms with Crippen molar-refractivity contribution in [1.82, 2.24) is 5.32 Å².